The maximum atomic E-state index is 11.8. The van der Waals surface area contributed by atoms with Crippen LogP contribution in [0.15, 0.2) is 53.8 Å². The van der Waals surface area contributed by atoms with Gasteiger partial charge in [0.2, 0.25) is 0 Å². The van der Waals surface area contributed by atoms with Crippen molar-refractivity contribution in [1.82, 2.24) is 0 Å². The average molecular weight is 366 g/mol. The third-order valence-corrected chi connectivity index (χ3v) is 3.38. The second-order valence-electron chi connectivity index (χ2n) is 4.57. The molecule has 7 nitrogen and oxygen atoms in total. The van der Waals surface area contributed by atoms with Gasteiger partial charge in [-0.1, -0.05) is 6.58 Å². The van der Waals surface area contributed by atoms with E-state index in [4.69, 9.17) is 4.74 Å². The first-order valence-corrected chi connectivity index (χ1v) is 8.33. The van der Waals surface area contributed by atoms with Gasteiger partial charge in [-0.25, -0.2) is 9.59 Å². The van der Waals surface area contributed by atoms with Crippen molar-refractivity contribution in [3.05, 3.63) is 54.5 Å². The van der Waals surface area contributed by atoms with Gasteiger partial charge in [0.05, 0.1) is 0 Å². The highest BCUT2D eigenvalue weighted by Crippen LogP contribution is 2.15. The van der Waals surface area contributed by atoms with E-state index in [1.165, 1.54) is 18.7 Å². The molecule has 0 aliphatic carbocycles. The van der Waals surface area contributed by atoms with Crippen LogP contribution in [-0.2, 0) is 28.8 Å². The Bertz CT molecular complexity index is 649. The van der Waals surface area contributed by atoms with E-state index in [0.717, 1.165) is 17.4 Å². The van der Waals surface area contributed by atoms with Gasteiger partial charge in [-0.3, -0.25) is 4.79 Å². The van der Waals surface area contributed by atoms with Gasteiger partial charge in [0.1, 0.15) is 19.5 Å². The van der Waals surface area contributed by atoms with Gasteiger partial charge in [0.15, 0.2) is 6.26 Å². The van der Waals surface area contributed by atoms with Crippen molar-refractivity contribution in [3.63, 3.8) is 0 Å². The van der Waals surface area contributed by atoms with E-state index < -0.39 is 17.7 Å². The monoisotopic (exact) mass is 366 g/mol. The van der Waals surface area contributed by atoms with Crippen LogP contribution in [0.1, 0.15) is 17.3 Å². The third-order valence-electron chi connectivity index (χ3n) is 2.64. The van der Waals surface area contributed by atoms with Crippen LogP contribution in [0.4, 0.5) is 0 Å². The molecule has 0 radical (unpaired) electrons. The molecule has 134 valence electrons. The minimum atomic E-state index is -0.980. The molecule has 1 aromatic carbocycles. The number of hydrogen-bond donors (Lipinski definition) is 0. The molecule has 0 saturated carbocycles. The highest BCUT2D eigenvalue weighted by Gasteiger charge is 2.17. The van der Waals surface area contributed by atoms with E-state index in [9.17, 15) is 14.4 Å². The van der Waals surface area contributed by atoms with Crippen LogP contribution in [0.2, 0.25) is 0 Å². The molecule has 0 heterocycles. The van der Waals surface area contributed by atoms with Crippen LogP contribution in [0, 0.1) is 0 Å². The minimum Gasteiger partial charge on any atom is -0.457 e. The number of benzene rings is 1. The first kappa shape index (κ1) is 20.5. The highest BCUT2D eigenvalue weighted by atomic mass is 32.2. The molecule has 0 N–H and O–H groups in total. The van der Waals surface area contributed by atoms with Crippen molar-refractivity contribution in [2.45, 2.75) is 11.8 Å². The molecular formula is C17H18O7S. The summed E-state index contributed by atoms with van der Waals surface area (Å²) in [6.07, 6.45) is 3.87. The SMILES string of the molecule is C=C(C)C(=O)O/C=C\OOCCOC(=O)C(=O)c1ccc(SC)cc1. The van der Waals surface area contributed by atoms with Crippen LogP contribution < -0.4 is 0 Å². The average Bonchev–Trinajstić information content (AvgIpc) is 2.62. The fraction of sp³-hybridized carbons (Fsp3) is 0.235. The molecule has 0 aromatic heterocycles. The molecule has 0 amide bonds. The van der Waals surface area contributed by atoms with Crippen molar-refractivity contribution >= 4 is 29.5 Å². The Balaban J connectivity index is 2.21. The summed E-state index contributed by atoms with van der Waals surface area (Å²) in [5.41, 5.74) is 0.493. The summed E-state index contributed by atoms with van der Waals surface area (Å²) in [6.45, 7) is 4.62. The van der Waals surface area contributed by atoms with Crippen molar-refractivity contribution in [3.8, 4) is 0 Å². The molecule has 1 aromatic rings. The number of carbonyl (C=O) groups excluding carboxylic acids is 3. The van der Waals surface area contributed by atoms with Crippen LogP contribution in [0.5, 0.6) is 0 Å². The summed E-state index contributed by atoms with van der Waals surface area (Å²) in [5.74, 6) is -2.32. The van der Waals surface area contributed by atoms with Gasteiger partial charge < -0.3 is 14.4 Å². The Kier molecular flexibility index (Phi) is 9.05. The van der Waals surface area contributed by atoms with Crippen LogP contribution in [-0.4, -0.2) is 37.2 Å². The summed E-state index contributed by atoms with van der Waals surface area (Å²) >= 11 is 1.53. The van der Waals surface area contributed by atoms with E-state index >= 15 is 0 Å². The second-order valence-corrected chi connectivity index (χ2v) is 5.45. The van der Waals surface area contributed by atoms with E-state index in [1.807, 2.05) is 6.26 Å². The first-order chi connectivity index (χ1) is 12.0. The molecule has 0 aliphatic heterocycles. The van der Waals surface area contributed by atoms with Gasteiger partial charge in [-0.05, 0) is 37.4 Å². The van der Waals surface area contributed by atoms with E-state index in [1.54, 1.807) is 24.3 Å². The van der Waals surface area contributed by atoms with Gasteiger partial charge in [0, 0.05) is 16.0 Å². The molecular weight excluding hydrogens is 348 g/mol. The Morgan fingerprint density at radius 2 is 1.76 bits per heavy atom. The normalized spacial score (nSPS) is 10.3. The molecule has 0 atom stereocenters. The molecule has 0 saturated heterocycles. The highest BCUT2D eigenvalue weighted by molar-refractivity contribution is 7.98. The van der Waals surface area contributed by atoms with E-state index in [0.29, 0.717) is 0 Å². The summed E-state index contributed by atoms with van der Waals surface area (Å²) in [4.78, 5) is 44.7. The lowest BCUT2D eigenvalue weighted by atomic mass is 10.1. The fourth-order valence-corrected chi connectivity index (χ4v) is 1.80. The van der Waals surface area contributed by atoms with Crippen molar-refractivity contribution < 1.29 is 33.6 Å². The van der Waals surface area contributed by atoms with Gasteiger partial charge in [-0.2, -0.15) is 4.89 Å². The predicted molar refractivity (Wildman–Crippen MR) is 90.6 cm³/mol. The topological polar surface area (TPSA) is 88.1 Å². The second kappa shape index (κ2) is 11.1. The number of hydrogen-bond acceptors (Lipinski definition) is 8. The van der Waals surface area contributed by atoms with Crippen LogP contribution >= 0.6 is 11.8 Å². The van der Waals surface area contributed by atoms with Crippen molar-refractivity contribution in [2.75, 3.05) is 19.5 Å². The molecule has 0 unspecified atom stereocenters. The lowest BCUT2D eigenvalue weighted by Gasteiger charge is -2.04. The Labute approximate surface area is 149 Å². The zero-order valence-electron chi connectivity index (χ0n) is 13.9. The van der Waals surface area contributed by atoms with Crippen LogP contribution in [0.25, 0.3) is 0 Å². The maximum absolute atomic E-state index is 11.8. The first-order valence-electron chi connectivity index (χ1n) is 7.11. The standard InChI is InChI=1S/C17H18O7S/c1-12(2)16(19)21-8-10-23-24-11-9-22-17(20)15(18)13-4-6-14(25-3)7-5-13/h4-8,10H,1,9,11H2,2-3H3/b10-8-. The molecule has 25 heavy (non-hydrogen) atoms. The predicted octanol–water partition coefficient (Wildman–Crippen LogP) is 2.67. The minimum absolute atomic E-state index is 0.108. The third kappa shape index (κ3) is 7.69. The van der Waals surface area contributed by atoms with Gasteiger partial charge in [0.25, 0.3) is 5.78 Å². The smallest absolute Gasteiger partial charge is 0.379 e. The Morgan fingerprint density at radius 1 is 1.08 bits per heavy atom. The zero-order chi connectivity index (χ0) is 18.7. The van der Waals surface area contributed by atoms with Crippen molar-refractivity contribution in [2.24, 2.45) is 0 Å². The molecule has 0 fully saturated rings. The number of Topliss-reactive ketones (excluding diaryl/α,β-unsaturated/α-hetero) is 1. The number of ketones is 1. The number of rotatable bonds is 10. The van der Waals surface area contributed by atoms with Crippen molar-refractivity contribution in [1.29, 1.82) is 0 Å². The van der Waals surface area contributed by atoms with Gasteiger partial charge >= 0.3 is 11.9 Å². The fourth-order valence-electron chi connectivity index (χ4n) is 1.39. The molecule has 0 bridgehead atoms. The summed E-state index contributed by atoms with van der Waals surface area (Å²) < 4.78 is 9.36. The lowest BCUT2D eigenvalue weighted by molar-refractivity contribution is -0.255. The number of ether oxygens (including phenoxy) is 2. The number of carbonyl (C=O) groups is 3. The number of thioether (sulfide) groups is 1. The van der Waals surface area contributed by atoms with E-state index in [2.05, 4.69) is 21.1 Å². The molecule has 0 spiro atoms. The largest absolute Gasteiger partial charge is 0.457 e. The molecule has 0 aliphatic rings. The zero-order valence-corrected chi connectivity index (χ0v) is 14.7. The molecule has 1 rings (SSSR count). The number of esters is 2. The lowest BCUT2D eigenvalue weighted by Crippen LogP contribution is -2.19. The Morgan fingerprint density at radius 3 is 2.36 bits per heavy atom. The summed E-state index contributed by atoms with van der Waals surface area (Å²) in [6, 6.07) is 6.61. The quantitative estimate of drug-likeness (QED) is 0.0719. The van der Waals surface area contributed by atoms with Crippen LogP contribution in [0.3, 0.4) is 0 Å². The maximum Gasteiger partial charge on any atom is 0.379 e. The summed E-state index contributed by atoms with van der Waals surface area (Å²) in [7, 11) is 0. The van der Waals surface area contributed by atoms with E-state index in [-0.39, 0.29) is 24.4 Å². The Hall–Kier alpha value is -2.58. The molecule has 8 heteroatoms. The van der Waals surface area contributed by atoms with Gasteiger partial charge in [-0.15, -0.1) is 11.8 Å². The summed E-state index contributed by atoms with van der Waals surface area (Å²) in [5, 5.41) is 0.